The fourth-order valence-electron chi connectivity index (χ4n) is 2.27. The minimum Gasteiger partial charge on any atom is -0.394 e. The smallest absolute Gasteiger partial charge is 0.226 e. The van der Waals surface area contributed by atoms with Crippen molar-refractivity contribution in [3.63, 3.8) is 0 Å². The number of imidazole rings is 1. The van der Waals surface area contributed by atoms with Crippen LogP contribution in [0.15, 0.2) is 6.33 Å². The predicted molar refractivity (Wildman–Crippen MR) is 69.7 cm³/mol. The van der Waals surface area contributed by atoms with Gasteiger partial charge in [0.05, 0.1) is 19.0 Å². The summed E-state index contributed by atoms with van der Waals surface area (Å²) in [5.41, 5.74) is 12.3. The van der Waals surface area contributed by atoms with Gasteiger partial charge in [0.15, 0.2) is 17.7 Å². The molecule has 0 aromatic carbocycles. The van der Waals surface area contributed by atoms with Crippen LogP contribution < -0.4 is 11.5 Å². The minimum atomic E-state index is -0.989. The fraction of sp³-hybridized carbons (Fsp3) is 0.500. The van der Waals surface area contributed by atoms with Crippen LogP contribution >= 0.6 is 11.6 Å². The first-order chi connectivity index (χ1) is 9.52. The van der Waals surface area contributed by atoms with Gasteiger partial charge >= 0.3 is 0 Å². The third-order valence-electron chi connectivity index (χ3n) is 3.29. The number of nitrogen functional groups attached to an aromatic ring is 1. The van der Waals surface area contributed by atoms with Gasteiger partial charge in [0.25, 0.3) is 0 Å². The number of fused-ring (bicyclic) bond motifs is 1. The molecule has 2 aromatic heterocycles. The maximum Gasteiger partial charge on any atom is 0.226 e. The van der Waals surface area contributed by atoms with E-state index in [9.17, 15) is 5.11 Å². The molecule has 6 N–H and O–H groups in total. The van der Waals surface area contributed by atoms with Crippen molar-refractivity contribution in [2.45, 2.75) is 24.5 Å². The highest BCUT2D eigenvalue weighted by molar-refractivity contribution is 6.28. The quantitative estimate of drug-likeness (QED) is 0.497. The lowest BCUT2D eigenvalue weighted by molar-refractivity contribution is -0.0437. The summed E-state index contributed by atoms with van der Waals surface area (Å²) in [4.78, 5) is 11.9. The Balaban J connectivity index is 2.07. The molecule has 1 saturated heterocycles. The number of hydrogen-bond donors (Lipinski definition) is 4. The van der Waals surface area contributed by atoms with Crippen LogP contribution in [0, 0.1) is 0 Å². The summed E-state index contributed by atoms with van der Waals surface area (Å²) in [5, 5.41) is 19.0. The summed E-state index contributed by atoms with van der Waals surface area (Å²) in [6, 6.07) is -0.737. The molecule has 4 atom stereocenters. The molecule has 0 aliphatic carbocycles. The van der Waals surface area contributed by atoms with Crippen LogP contribution in [0.25, 0.3) is 11.2 Å². The number of aromatic nitrogens is 4. The molecule has 1 aliphatic heterocycles. The van der Waals surface area contributed by atoms with Gasteiger partial charge in [0, 0.05) is 0 Å². The third-order valence-corrected chi connectivity index (χ3v) is 3.46. The Morgan fingerprint density at radius 1 is 1.45 bits per heavy atom. The lowest BCUT2D eigenvalue weighted by Crippen LogP contribution is -2.39. The highest BCUT2D eigenvalue weighted by Crippen LogP contribution is 2.31. The highest BCUT2D eigenvalue weighted by atomic mass is 35.5. The summed E-state index contributed by atoms with van der Waals surface area (Å²) in [7, 11) is 0. The number of aliphatic hydroxyl groups excluding tert-OH is 2. The lowest BCUT2D eigenvalue weighted by Gasteiger charge is -2.17. The van der Waals surface area contributed by atoms with Crippen molar-refractivity contribution in [2.75, 3.05) is 12.3 Å². The molecule has 1 fully saturated rings. The molecular weight excluding hydrogens is 288 g/mol. The summed E-state index contributed by atoms with van der Waals surface area (Å²) in [6.07, 6.45) is -1.04. The van der Waals surface area contributed by atoms with Gasteiger partial charge in [-0.1, -0.05) is 0 Å². The number of aliphatic hydroxyl groups is 2. The fourth-order valence-corrected chi connectivity index (χ4v) is 2.44. The first-order valence-corrected chi connectivity index (χ1v) is 6.26. The Morgan fingerprint density at radius 3 is 2.85 bits per heavy atom. The zero-order valence-electron chi connectivity index (χ0n) is 10.2. The van der Waals surface area contributed by atoms with Crippen LogP contribution in [-0.2, 0) is 4.74 Å². The van der Waals surface area contributed by atoms with Gasteiger partial charge in [-0.05, 0) is 11.6 Å². The van der Waals surface area contributed by atoms with Crippen LogP contribution in [0.3, 0.4) is 0 Å². The van der Waals surface area contributed by atoms with Gasteiger partial charge in [-0.15, -0.1) is 0 Å². The van der Waals surface area contributed by atoms with E-state index < -0.39 is 24.5 Å². The number of halogens is 1. The Labute approximate surface area is 118 Å². The van der Waals surface area contributed by atoms with Crippen molar-refractivity contribution >= 4 is 28.6 Å². The molecule has 9 nitrogen and oxygen atoms in total. The zero-order valence-corrected chi connectivity index (χ0v) is 11.0. The predicted octanol–water partition coefficient (Wildman–Crippen LogP) is -1.36. The van der Waals surface area contributed by atoms with E-state index in [1.54, 1.807) is 0 Å². The first-order valence-electron chi connectivity index (χ1n) is 5.88. The lowest BCUT2D eigenvalue weighted by atomic mass is 10.1. The van der Waals surface area contributed by atoms with Crippen LogP contribution in [0.2, 0.25) is 5.28 Å². The second-order valence-electron chi connectivity index (χ2n) is 4.52. The number of rotatable bonds is 2. The molecule has 0 amide bonds. The van der Waals surface area contributed by atoms with Crippen molar-refractivity contribution in [1.29, 1.82) is 0 Å². The maximum absolute atomic E-state index is 9.88. The molecule has 20 heavy (non-hydrogen) atoms. The molecule has 0 bridgehead atoms. The zero-order chi connectivity index (χ0) is 14.4. The molecule has 1 aliphatic rings. The molecule has 0 saturated carbocycles. The van der Waals surface area contributed by atoms with Crippen molar-refractivity contribution in [1.82, 2.24) is 19.5 Å². The van der Waals surface area contributed by atoms with Crippen molar-refractivity contribution in [3.05, 3.63) is 11.6 Å². The number of nitrogens with two attached hydrogens (primary N) is 2. The Kier molecular flexibility index (Phi) is 3.22. The standard InChI is InChI=1S/C10H13ClN6O3/c11-10-15-7(13)5-8(16-10)17(2-14-5)9-4(12)6(19)3(1-18)20-9/h2-4,6,9,18-19H,1,12H2,(H2,13,15,16)/t3-,4-,6-,9-/m1/s1. The topological polar surface area (TPSA) is 145 Å². The number of ether oxygens (including phenoxy) is 1. The maximum atomic E-state index is 9.88. The van der Waals surface area contributed by atoms with Crippen LogP contribution in [0.5, 0.6) is 0 Å². The van der Waals surface area contributed by atoms with E-state index in [1.165, 1.54) is 10.9 Å². The number of nitrogens with zero attached hydrogens (tertiary/aromatic N) is 4. The van der Waals surface area contributed by atoms with Crippen molar-refractivity contribution in [3.8, 4) is 0 Å². The molecule has 0 spiro atoms. The molecule has 10 heteroatoms. The number of anilines is 1. The van der Waals surface area contributed by atoms with Gasteiger partial charge in [-0.25, -0.2) is 4.98 Å². The van der Waals surface area contributed by atoms with Gasteiger partial charge in [-0.2, -0.15) is 9.97 Å². The van der Waals surface area contributed by atoms with Gasteiger partial charge in [0.2, 0.25) is 5.28 Å². The second kappa shape index (κ2) is 4.79. The molecular formula is C10H13ClN6O3. The normalized spacial score (nSPS) is 30.2. The highest BCUT2D eigenvalue weighted by Gasteiger charge is 2.42. The van der Waals surface area contributed by atoms with E-state index in [2.05, 4.69) is 15.0 Å². The third kappa shape index (κ3) is 1.91. The summed E-state index contributed by atoms with van der Waals surface area (Å²) in [6.45, 7) is -0.337. The Hall–Kier alpha value is -1.52. The van der Waals surface area contributed by atoms with E-state index in [0.29, 0.717) is 11.2 Å². The summed E-state index contributed by atoms with van der Waals surface area (Å²) in [5.74, 6) is 0.143. The largest absolute Gasteiger partial charge is 0.394 e. The van der Waals surface area contributed by atoms with E-state index in [4.69, 9.17) is 32.9 Å². The monoisotopic (exact) mass is 300 g/mol. The Morgan fingerprint density at radius 2 is 2.20 bits per heavy atom. The van der Waals surface area contributed by atoms with Crippen LogP contribution in [0.4, 0.5) is 5.82 Å². The van der Waals surface area contributed by atoms with Gasteiger partial charge in [-0.3, -0.25) is 4.57 Å². The summed E-state index contributed by atoms with van der Waals surface area (Å²) < 4.78 is 7.04. The van der Waals surface area contributed by atoms with E-state index in [-0.39, 0.29) is 17.7 Å². The van der Waals surface area contributed by atoms with Crippen LogP contribution in [0.1, 0.15) is 6.23 Å². The molecule has 2 aromatic rings. The molecule has 3 heterocycles. The SMILES string of the molecule is Nc1nc(Cl)nc2c1ncn2[C@@H]1O[C@H](CO)[C@@H](O)[C@H]1N. The van der Waals surface area contributed by atoms with Crippen LogP contribution in [-0.4, -0.2) is 54.6 Å². The van der Waals surface area contributed by atoms with Gasteiger partial charge in [0.1, 0.15) is 17.7 Å². The first kappa shape index (κ1) is 13.5. The van der Waals surface area contributed by atoms with Crippen molar-refractivity contribution < 1.29 is 14.9 Å². The van der Waals surface area contributed by atoms with E-state index in [0.717, 1.165) is 0 Å². The number of hydrogen-bond acceptors (Lipinski definition) is 8. The average Bonchev–Trinajstić information content (AvgIpc) is 2.93. The minimum absolute atomic E-state index is 0.0254. The molecule has 108 valence electrons. The van der Waals surface area contributed by atoms with Crippen molar-refractivity contribution in [2.24, 2.45) is 5.73 Å². The van der Waals surface area contributed by atoms with E-state index >= 15 is 0 Å². The second-order valence-corrected chi connectivity index (χ2v) is 4.86. The van der Waals surface area contributed by atoms with Gasteiger partial charge < -0.3 is 26.4 Å². The Bertz CT molecular complexity index is 649. The molecule has 3 rings (SSSR count). The van der Waals surface area contributed by atoms with E-state index in [1.807, 2.05) is 0 Å². The molecule has 0 unspecified atom stereocenters. The molecule has 0 radical (unpaired) electrons. The summed E-state index contributed by atoms with van der Waals surface area (Å²) >= 11 is 5.78. The average molecular weight is 301 g/mol.